The van der Waals surface area contributed by atoms with Crippen molar-refractivity contribution in [1.29, 1.82) is 0 Å². The van der Waals surface area contributed by atoms with Crippen molar-refractivity contribution in [3.63, 3.8) is 0 Å². The van der Waals surface area contributed by atoms with Gasteiger partial charge in [-0.15, -0.1) is 0 Å². The minimum atomic E-state index is 0.147. The summed E-state index contributed by atoms with van der Waals surface area (Å²) in [6, 6.07) is 0.147. The Bertz CT molecular complexity index is 329. The number of hydrogen-bond donors (Lipinski definition) is 1. The summed E-state index contributed by atoms with van der Waals surface area (Å²) in [6.45, 7) is 10.2. The minimum absolute atomic E-state index is 0.147. The molecule has 0 aromatic heterocycles. The zero-order valence-corrected chi connectivity index (χ0v) is 9.30. The van der Waals surface area contributed by atoms with Gasteiger partial charge >= 0.3 is 0 Å². The molecule has 0 saturated heterocycles. The number of nitrogens with two attached hydrogens (primary N) is 1. The number of rotatable bonds is 2. The van der Waals surface area contributed by atoms with Crippen molar-refractivity contribution in [2.45, 2.75) is 33.2 Å². The molecule has 0 amide bonds. The van der Waals surface area contributed by atoms with Crippen molar-refractivity contribution in [2.24, 2.45) is 5.73 Å². The maximum Gasteiger partial charge on any atom is 0.0332 e. The third kappa shape index (κ3) is 2.24. The molecule has 14 heavy (non-hydrogen) atoms. The van der Waals surface area contributed by atoms with E-state index >= 15 is 0 Å². The van der Waals surface area contributed by atoms with Gasteiger partial charge in [-0.1, -0.05) is 30.4 Å². The molecule has 1 atom stereocenters. The van der Waals surface area contributed by atoms with Gasteiger partial charge in [0.15, 0.2) is 0 Å². The lowest BCUT2D eigenvalue weighted by molar-refractivity contribution is 0.778. The molecule has 0 aromatic carbocycles. The SMILES string of the molecule is C=C(C)/C(C)=C(\C)C1=CC=CCC1N. The lowest BCUT2D eigenvalue weighted by Gasteiger charge is -2.20. The predicted molar refractivity (Wildman–Crippen MR) is 63.0 cm³/mol. The first-order chi connectivity index (χ1) is 6.54. The van der Waals surface area contributed by atoms with Gasteiger partial charge in [-0.2, -0.15) is 0 Å². The topological polar surface area (TPSA) is 26.0 Å². The summed E-state index contributed by atoms with van der Waals surface area (Å²) in [7, 11) is 0. The van der Waals surface area contributed by atoms with Crippen LogP contribution in [0.15, 0.2) is 47.1 Å². The Morgan fingerprint density at radius 1 is 1.43 bits per heavy atom. The molecule has 2 N–H and O–H groups in total. The lowest BCUT2D eigenvalue weighted by atomic mass is 9.90. The van der Waals surface area contributed by atoms with E-state index in [2.05, 4.69) is 38.7 Å². The Kier molecular flexibility index (Phi) is 3.48. The third-order valence-electron chi connectivity index (χ3n) is 2.84. The smallest absolute Gasteiger partial charge is 0.0332 e. The molecule has 1 unspecified atom stereocenters. The van der Waals surface area contributed by atoms with Crippen LogP contribution in [0.5, 0.6) is 0 Å². The second-order valence-electron chi connectivity index (χ2n) is 3.92. The van der Waals surface area contributed by atoms with E-state index in [4.69, 9.17) is 5.73 Å². The molecule has 1 aliphatic carbocycles. The van der Waals surface area contributed by atoms with Gasteiger partial charge in [0.05, 0.1) is 0 Å². The molecule has 1 aliphatic rings. The van der Waals surface area contributed by atoms with E-state index in [1.165, 1.54) is 16.7 Å². The average molecular weight is 189 g/mol. The molecule has 0 spiro atoms. The Morgan fingerprint density at radius 2 is 2.07 bits per heavy atom. The standard InChI is InChI=1S/C13H19N/c1-9(2)10(3)11(4)12-7-5-6-8-13(12)14/h5-7,13H,1,8,14H2,2-4H3/b11-10+. The average Bonchev–Trinajstić information content (AvgIpc) is 2.16. The van der Waals surface area contributed by atoms with E-state index < -0.39 is 0 Å². The van der Waals surface area contributed by atoms with Crippen LogP contribution in [0.2, 0.25) is 0 Å². The molecular formula is C13H19N. The van der Waals surface area contributed by atoms with Crippen LogP contribution < -0.4 is 5.73 Å². The molecule has 0 heterocycles. The fourth-order valence-corrected chi connectivity index (χ4v) is 1.59. The summed E-state index contributed by atoms with van der Waals surface area (Å²) >= 11 is 0. The maximum absolute atomic E-state index is 6.03. The summed E-state index contributed by atoms with van der Waals surface area (Å²) in [6.07, 6.45) is 7.23. The summed E-state index contributed by atoms with van der Waals surface area (Å²) in [5, 5.41) is 0. The number of allylic oxidation sites excluding steroid dienone is 4. The van der Waals surface area contributed by atoms with Gasteiger partial charge in [-0.3, -0.25) is 0 Å². The molecule has 1 nitrogen and oxygen atoms in total. The van der Waals surface area contributed by atoms with Crippen molar-refractivity contribution in [3.8, 4) is 0 Å². The molecule has 1 rings (SSSR count). The van der Waals surface area contributed by atoms with Crippen LogP contribution in [0.25, 0.3) is 0 Å². The molecule has 0 fully saturated rings. The highest BCUT2D eigenvalue weighted by atomic mass is 14.6. The molecule has 0 radical (unpaired) electrons. The van der Waals surface area contributed by atoms with Crippen LogP contribution in [0.3, 0.4) is 0 Å². The first-order valence-corrected chi connectivity index (χ1v) is 5.00. The largest absolute Gasteiger partial charge is 0.324 e. The molecule has 0 bridgehead atoms. The van der Waals surface area contributed by atoms with Gasteiger partial charge in [-0.05, 0) is 43.9 Å². The lowest BCUT2D eigenvalue weighted by Crippen LogP contribution is -2.24. The van der Waals surface area contributed by atoms with Gasteiger partial charge < -0.3 is 5.73 Å². The molecule has 0 aliphatic heterocycles. The Balaban J connectivity index is 3.04. The monoisotopic (exact) mass is 189 g/mol. The van der Waals surface area contributed by atoms with Crippen LogP contribution in [0.4, 0.5) is 0 Å². The predicted octanol–water partition coefficient (Wildman–Crippen LogP) is 3.11. The maximum atomic E-state index is 6.03. The summed E-state index contributed by atoms with van der Waals surface area (Å²) < 4.78 is 0. The van der Waals surface area contributed by atoms with Crippen LogP contribution in [-0.2, 0) is 0 Å². The second-order valence-corrected chi connectivity index (χ2v) is 3.92. The van der Waals surface area contributed by atoms with Gasteiger partial charge in [0.2, 0.25) is 0 Å². The van der Waals surface area contributed by atoms with E-state index in [-0.39, 0.29) is 6.04 Å². The van der Waals surface area contributed by atoms with Crippen LogP contribution >= 0.6 is 0 Å². The van der Waals surface area contributed by atoms with Crippen molar-refractivity contribution < 1.29 is 0 Å². The summed E-state index contributed by atoms with van der Waals surface area (Å²) in [5.41, 5.74) is 10.9. The third-order valence-corrected chi connectivity index (χ3v) is 2.84. The zero-order valence-electron chi connectivity index (χ0n) is 9.30. The second kappa shape index (κ2) is 4.43. The molecule has 1 heteroatoms. The van der Waals surface area contributed by atoms with Crippen molar-refractivity contribution in [1.82, 2.24) is 0 Å². The molecule has 76 valence electrons. The van der Waals surface area contributed by atoms with Gasteiger partial charge in [-0.25, -0.2) is 0 Å². The fourth-order valence-electron chi connectivity index (χ4n) is 1.59. The Morgan fingerprint density at radius 3 is 2.57 bits per heavy atom. The minimum Gasteiger partial charge on any atom is -0.324 e. The highest BCUT2D eigenvalue weighted by molar-refractivity contribution is 5.45. The van der Waals surface area contributed by atoms with Crippen molar-refractivity contribution >= 4 is 0 Å². The van der Waals surface area contributed by atoms with E-state index in [0.29, 0.717) is 0 Å². The van der Waals surface area contributed by atoms with E-state index in [1.807, 2.05) is 6.92 Å². The van der Waals surface area contributed by atoms with E-state index in [9.17, 15) is 0 Å². The van der Waals surface area contributed by atoms with Crippen LogP contribution in [0.1, 0.15) is 27.2 Å². The number of hydrogen-bond acceptors (Lipinski definition) is 1. The summed E-state index contributed by atoms with van der Waals surface area (Å²) in [4.78, 5) is 0. The first kappa shape index (κ1) is 11.0. The summed E-state index contributed by atoms with van der Waals surface area (Å²) in [5.74, 6) is 0. The normalized spacial score (nSPS) is 22.9. The highest BCUT2D eigenvalue weighted by Crippen LogP contribution is 2.24. The van der Waals surface area contributed by atoms with Gasteiger partial charge in [0.25, 0.3) is 0 Å². The fraction of sp³-hybridized carbons (Fsp3) is 0.385. The van der Waals surface area contributed by atoms with Crippen molar-refractivity contribution in [3.05, 3.63) is 47.1 Å². The van der Waals surface area contributed by atoms with Gasteiger partial charge in [0, 0.05) is 6.04 Å². The quantitative estimate of drug-likeness (QED) is 0.664. The highest BCUT2D eigenvalue weighted by Gasteiger charge is 2.13. The van der Waals surface area contributed by atoms with Crippen molar-refractivity contribution in [2.75, 3.05) is 0 Å². The van der Waals surface area contributed by atoms with Gasteiger partial charge in [0.1, 0.15) is 0 Å². The van der Waals surface area contributed by atoms with Crippen LogP contribution in [0, 0.1) is 0 Å². The van der Waals surface area contributed by atoms with E-state index in [1.54, 1.807) is 0 Å². The first-order valence-electron chi connectivity index (χ1n) is 5.00. The zero-order chi connectivity index (χ0) is 10.7. The Hall–Kier alpha value is -1.08. The molecular weight excluding hydrogens is 170 g/mol. The van der Waals surface area contributed by atoms with E-state index in [0.717, 1.165) is 12.0 Å². The van der Waals surface area contributed by atoms with Crippen LogP contribution in [-0.4, -0.2) is 6.04 Å². The Labute approximate surface area is 86.7 Å². The molecule has 0 saturated carbocycles. The molecule has 0 aromatic rings.